The second kappa shape index (κ2) is 41.2. The molecule has 0 aliphatic heterocycles. The van der Waals surface area contributed by atoms with Gasteiger partial charge in [-0.1, -0.05) is 213 Å². The maximum absolute atomic E-state index is 12.3. The normalized spacial score (nSPS) is 13.6. The lowest BCUT2D eigenvalue weighted by Gasteiger charge is -2.18. The van der Waals surface area contributed by atoms with Crippen molar-refractivity contribution in [1.29, 1.82) is 0 Å². The molecular formula is C45H88NO10P. The number of ether oxygens (including phenoxy) is 1. The topological polar surface area (TPSA) is 169 Å². The van der Waals surface area contributed by atoms with Gasteiger partial charge >= 0.3 is 19.8 Å². The molecule has 0 heterocycles. The molecule has 0 aliphatic rings. The van der Waals surface area contributed by atoms with E-state index in [9.17, 15) is 34.1 Å². The van der Waals surface area contributed by atoms with Crippen molar-refractivity contribution in [2.75, 3.05) is 19.8 Å². The Bertz CT molecular complexity index is 984. The smallest absolute Gasteiger partial charge is 0.472 e. The molecule has 0 saturated carbocycles. The third-order valence-electron chi connectivity index (χ3n) is 10.6. The summed E-state index contributed by atoms with van der Waals surface area (Å²) in [4.78, 5) is 45.9. The first-order chi connectivity index (χ1) is 27.6. The molecule has 11 nitrogen and oxygen atoms in total. The number of rotatable bonds is 45. The van der Waals surface area contributed by atoms with Crippen LogP contribution in [0.1, 0.15) is 239 Å². The third kappa shape index (κ3) is 41.0. The van der Waals surface area contributed by atoms with Gasteiger partial charge in [0.25, 0.3) is 0 Å². The van der Waals surface area contributed by atoms with Gasteiger partial charge in [0.2, 0.25) is 5.91 Å². The van der Waals surface area contributed by atoms with Crippen molar-refractivity contribution in [3.8, 4) is 0 Å². The zero-order valence-corrected chi connectivity index (χ0v) is 37.6. The van der Waals surface area contributed by atoms with Crippen LogP contribution in [0.3, 0.4) is 0 Å². The Morgan fingerprint density at radius 2 is 0.807 bits per heavy atom. The summed E-state index contributed by atoms with van der Waals surface area (Å²) in [6.07, 6.45) is 39.9. The molecule has 3 atom stereocenters. The van der Waals surface area contributed by atoms with Gasteiger partial charge in [-0.25, -0.2) is 9.36 Å². The first kappa shape index (κ1) is 55.5. The number of esters is 1. The number of carbonyl (C=O) groups is 3. The Labute approximate surface area is 348 Å². The van der Waals surface area contributed by atoms with E-state index in [2.05, 4.69) is 19.2 Å². The summed E-state index contributed by atoms with van der Waals surface area (Å²) in [7, 11) is -4.75. The summed E-state index contributed by atoms with van der Waals surface area (Å²) in [6, 6.07) is -1.54. The first-order valence-electron chi connectivity index (χ1n) is 23.6. The van der Waals surface area contributed by atoms with Gasteiger partial charge in [0.05, 0.1) is 13.2 Å². The van der Waals surface area contributed by atoms with E-state index in [1.54, 1.807) is 0 Å². The van der Waals surface area contributed by atoms with Gasteiger partial charge in [-0.3, -0.25) is 18.6 Å². The van der Waals surface area contributed by atoms with Crippen LogP contribution in [0.15, 0.2) is 0 Å². The van der Waals surface area contributed by atoms with Crippen LogP contribution in [0.25, 0.3) is 0 Å². The van der Waals surface area contributed by atoms with E-state index >= 15 is 0 Å². The Balaban J connectivity index is 3.81. The van der Waals surface area contributed by atoms with E-state index < -0.39 is 57.6 Å². The number of aliphatic hydroxyl groups is 1. The molecule has 12 heteroatoms. The first-order valence-corrected chi connectivity index (χ1v) is 25.1. The van der Waals surface area contributed by atoms with Crippen molar-refractivity contribution in [2.24, 2.45) is 0 Å². The molecule has 0 spiro atoms. The second-order valence-electron chi connectivity index (χ2n) is 16.3. The fraction of sp³-hybridized carbons (Fsp3) is 0.933. The Morgan fingerprint density at radius 3 is 1.16 bits per heavy atom. The quantitative estimate of drug-likeness (QED) is 0.0263. The maximum Gasteiger partial charge on any atom is 0.472 e. The van der Waals surface area contributed by atoms with E-state index in [4.69, 9.17) is 13.8 Å². The molecule has 3 unspecified atom stereocenters. The summed E-state index contributed by atoms with van der Waals surface area (Å²) in [5.74, 6) is -2.35. The van der Waals surface area contributed by atoms with Crippen LogP contribution in [-0.4, -0.2) is 64.9 Å². The SMILES string of the molecule is CCCCCCCCCCCCCCCCCCCCCCCC(=O)NC(COP(=O)(O)OCC(O)COC(=O)CCCCCCCCCCCCCC)C(=O)O. The number of carboxylic acid groups (broad SMARTS) is 1. The summed E-state index contributed by atoms with van der Waals surface area (Å²) < 4.78 is 26.8. The second-order valence-corrected chi connectivity index (χ2v) is 17.8. The van der Waals surface area contributed by atoms with Crippen LogP contribution in [0.2, 0.25) is 0 Å². The predicted molar refractivity (Wildman–Crippen MR) is 231 cm³/mol. The van der Waals surface area contributed by atoms with Crippen LogP contribution in [0, 0.1) is 0 Å². The van der Waals surface area contributed by atoms with Crippen LogP contribution in [-0.2, 0) is 32.7 Å². The highest BCUT2D eigenvalue weighted by molar-refractivity contribution is 7.47. The highest BCUT2D eigenvalue weighted by Crippen LogP contribution is 2.43. The van der Waals surface area contributed by atoms with Crippen molar-refractivity contribution in [1.82, 2.24) is 5.32 Å². The minimum absolute atomic E-state index is 0.153. The van der Waals surface area contributed by atoms with E-state index in [1.807, 2.05) is 0 Å². The summed E-state index contributed by atoms with van der Waals surface area (Å²) in [5, 5.41) is 21.8. The number of phosphoric ester groups is 1. The number of aliphatic hydroxyl groups excluding tert-OH is 1. The lowest BCUT2D eigenvalue weighted by Crippen LogP contribution is -2.43. The van der Waals surface area contributed by atoms with Gasteiger partial charge in [0, 0.05) is 12.8 Å². The highest BCUT2D eigenvalue weighted by Gasteiger charge is 2.28. The zero-order valence-electron chi connectivity index (χ0n) is 36.7. The molecule has 338 valence electrons. The molecule has 57 heavy (non-hydrogen) atoms. The molecule has 4 N–H and O–H groups in total. The number of aliphatic carboxylic acids is 1. The lowest BCUT2D eigenvalue weighted by atomic mass is 10.0. The number of carboxylic acids is 1. The molecular weight excluding hydrogens is 745 g/mol. The fourth-order valence-corrected chi connectivity index (χ4v) is 7.74. The Kier molecular flexibility index (Phi) is 40.1. The molecule has 0 radical (unpaired) electrons. The van der Waals surface area contributed by atoms with Gasteiger partial charge in [-0.05, 0) is 12.8 Å². The Hall–Kier alpha value is -1.52. The minimum Gasteiger partial charge on any atom is -0.480 e. The van der Waals surface area contributed by atoms with Crippen molar-refractivity contribution >= 4 is 25.7 Å². The van der Waals surface area contributed by atoms with Crippen molar-refractivity contribution in [3.05, 3.63) is 0 Å². The van der Waals surface area contributed by atoms with Gasteiger partial charge < -0.3 is 25.2 Å². The lowest BCUT2D eigenvalue weighted by molar-refractivity contribution is -0.147. The van der Waals surface area contributed by atoms with Gasteiger partial charge in [0.15, 0.2) is 6.04 Å². The number of carbonyl (C=O) groups excluding carboxylic acids is 2. The molecule has 0 bridgehead atoms. The number of nitrogens with one attached hydrogen (secondary N) is 1. The highest BCUT2D eigenvalue weighted by atomic mass is 31.2. The van der Waals surface area contributed by atoms with Gasteiger partial charge in [-0.15, -0.1) is 0 Å². The molecule has 0 aromatic heterocycles. The standard InChI is InChI=1S/C45H88NO10P/c1-3-5-7-9-11-13-15-17-18-19-20-21-22-23-24-25-26-28-30-32-34-36-43(48)46-42(45(50)51)40-56-57(52,53)55-39-41(47)38-54-44(49)37-35-33-31-29-27-16-14-12-10-8-6-4-2/h41-42,47H,3-40H2,1-2H3,(H,46,48)(H,50,51)(H,52,53). The summed E-state index contributed by atoms with van der Waals surface area (Å²) in [5.41, 5.74) is 0. The van der Waals surface area contributed by atoms with E-state index in [0.29, 0.717) is 12.8 Å². The molecule has 0 saturated heterocycles. The molecule has 0 fully saturated rings. The van der Waals surface area contributed by atoms with Crippen LogP contribution in [0.5, 0.6) is 0 Å². The summed E-state index contributed by atoms with van der Waals surface area (Å²) in [6.45, 7) is 2.63. The predicted octanol–water partition coefficient (Wildman–Crippen LogP) is 12.3. The van der Waals surface area contributed by atoms with E-state index in [0.717, 1.165) is 38.5 Å². The maximum atomic E-state index is 12.3. The fourth-order valence-electron chi connectivity index (χ4n) is 6.96. The van der Waals surface area contributed by atoms with Crippen molar-refractivity contribution in [3.63, 3.8) is 0 Å². The van der Waals surface area contributed by atoms with E-state index in [1.165, 1.54) is 161 Å². The van der Waals surface area contributed by atoms with Crippen LogP contribution in [0.4, 0.5) is 0 Å². The zero-order chi connectivity index (χ0) is 42.1. The van der Waals surface area contributed by atoms with E-state index in [-0.39, 0.29) is 12.8 Å². The molecule has 0 rings (SSSR count). The third-order valence-corrected chi connectivity index (χ3v) is 11.6. The minimum atomic E-state index is -4.75. The monoisotopic (exact) mass is 834 g/mol. The molecule has 0 aliphatic carbocycles. The number of hydrogen-bond acceptors (Lipinski definition) is 8. The average Bonchev–Trinajstić information content (AvgIpc) is 3.18. The van der Waals surface area contributed by atoms with Crippen molar-refractivity contribution < 1.29 is 47.8 Å². The number of amides is 1. The van der Waals surface area contributed by atoms with Crippen LogP contribution >= 0.6 is 7.82 Å². The molecule has 1 amide bonds. The number of unbranched alkanes of at least 4 members (excludes halogenated alkanes) is 31. The van der Waals surface area contributed by atoms with Crippen molar-refractivity contribution in [2.45, 2.75) is 251 Å². The number of hydrogen-bond donors (Lipinski definition) is 4. The van der Waals surface area contributed by atoms with Gasteiger partial charge in [-0.2, -0.15) is 0 Å². The molecule has 0 aromatic carbocycles. The van der Waals surface area contributed by atoms with Gasteiger partial charge in [0.1, 0.15) is 12.7 Å². The number of phosphoric acid groups is 1. The summed E-state index contributed by atoms with van der Waals surface area (Å²) >= 11 is 0. The average molecular weight is 834 g/mol. The Morgan fingerprint density at radius 1 is 0.491 bits per heavy atom. The largest absolute Gasteiger partial charge is 0.480 e. The van der Waals surface area contributed by atoms with Crippen LogP contribution < -0.4 is 5.32 Å². The molecule has 0 aromatic rings.